The molecule has 4 aromatic carbocycles. The first kappa shape index (κ1) is 21.6. The molecular weight excluding hydrogens is 413 g/mol. The second-order valence-corrected chi connectivity index (χ2v) is 7.37. The first-order chi connectivity index (χ1) is 15.3. The van der Waals surface area contributed by atoms with Crippen LogP contribution in [-0.4, -0.2) is 7.25 Å². The summed E-state index contributed by atoms with van der Waals surface area (Å²) in [5.41, 5.74) is 7.58. The van der Waals surface area contributed by atoms with Crippen molar-refractivity contribution >= 4 is 29.1 Å². The molecule has 5 aromatic rings. The molecule has 0 radical (unpaired) electrons. The topological polar surface area (TPSA) is 3.88 Å². The van der Waals surface area contributed by atoms with E-state index in [1.807, 2.05) is 0 Å². The lowest BCUT2D eigenvalue weighted by atomic mass is 9.90. The van der Waals surface area contributed by atoms with Crippen molar-refractivity contribution in [2.24, 2.45) is 7.05 Å². The average Bonchev–Trinajstić information content (AvgIpc) is 2.79. The number of aromatic nitrogens is 1. The van der Waals surface area contributed by atoms with Crippen molar-refractivity contribution in [2.45, 2.75) is 0 Å². The number of para-hydroxylation sites is 2. The smallest absolute Gasteiger partial charge is 0.418 e. The maximum absolute atomic E-state index is 9.75. The highest BCUT2D eigenvalue weighted by atomic mass is 19.5. The van der Waals surface area contributed by atoms with Crippen LogP contribution in [0, 0.1) is 0 Å². The second kappa shape index (κ2) is 8.83. The second-order valence-electron chi connectivity index (χ2n) is 7.37. The maximum atomic E-state index is 9.75. The highest BCUT2D eigenvalue weighted by Gasteiger charge is 2.21. The largest absolute Gasteiger partial charge is 0.673 e. The van der Waals surface area contributed by atoms with Gasteiger partial charge in [-0.25, -0.2) is 0 Å². The predicted molar refractivity (Wildman–Crippen MR) is 124 cm³/mol. The van der Waals surface area contributed by atoms with Crippen molar-refractivity contribution in [3.05, 3.63) is 103 Å². The fraction of sp³-hybridized carbons (Fsp3) is 0.0385. The van der Waals surface area contributed by atoms with Gasteiger partial charge < -0.3 is 17.3 Å². The zero-order valence-electron chi connectivity index (χ0n) is 17.4. The molecule has 6 heteroatoms. The summed E-state index contributed by atoms with van der Waals surface area (Å²) in [4.78, 5) is 0. The summed E-state index contributed by atoms with van der Waals surface area (Å²) in [6.45, 7) is 0. The number of pyridine rings is 1. The Morgan fingerprint density at radius 1 is 0.531 bits per heavy atom. The minimum absolute atomic E-state index is 1.24. The molecule has 0 atom stereocenters. The van der Waals surface area contributed by atoms with Crippen LogP contribution in [0.25, 0.3) is 44.1 Å². The Balaban J connectivity index is 0.000000444. The number of rotatable bonds is 2. The van der Waals surface area contributed by atoms with Gasteiger partial charge >= 0.3 is 7.25 Å². The molecule has 0 bridgehead atoms. The Kier molecular flexibility index (Phi) is 5.95. The Morgan fingerprint density at radius 3 is 1.47 bits per heavy atom. The first-order valence-electron chi connectivity index (χ1n) is 10.2. The third kappa shape index (κ3) is 4.49. The van der Waals surface area contributed by atoms with Gasteiger partial charge in [0.25, 0.3) is 0 Å². The van der Waals surface area contributed by atoms with Gasteiger partial charge in [-0.05, 0) is 28.8 Å². The molecular formula is C26H20BF4N. The van der Waals surface area contributed by atoms with Crippen LogP contribution in [0.4, 0.5) is 17.3 Å². The van der Waals surface area contributed by atoms with Gasteiger partial charge in [-0.15, -0.1) is 0 Å². The first-order valence-corrected chi connectivity index (χ1v) is 10.2. The van der Waals surface area contributed by atoms with E-state index in [-0.39, 0.29) is 0 Å². The Hall–Kier alpha value is -3.67. The summed E-state index contributed by atoms with van der Waals surface area (Å²) in [5.74, 6) is 0. The number of hydrogen-bond donors (Lipinski definition) is 0. The average molecular weight is 433 g/mol. The minimum Gasteiger partial charge on any atom is -0.418 e. The van der Waals surface area contributed by atoms with Crippen molar-refractivity contribution < 1.29 is 21.8 Å². The Bertz CT molecular complexity index is 1320. The van der Waals surface area contributed by atoms with E-state index in [4.69, 9.17) is 0 Å². The zero-order valence-corrected chi connectivity index (χ0v) is 17.4. The van der Waals surface area contributed by atoms with Crippen LogP contribution in [0.2, 0.25) is 0 Å². The van der Waals surface area contributed by atoms with E-state index < -0.39 is 7.25 Å². The van der Waals surface area contributed by atoms with Crippen LogP contribution in [0.1, 0.15) is 0 Å². The quantitative estimate of drug-likeness (QED) is 0.118. The van der Waals surface area contributed by atoms with E-state index in [9.17, 15) is 17.3 Å². The number of fused-ring (bicyclic) bond motifs is 2. The molecule has 1 nitrogen and oxygen atoms in total. The SMILES string of the molecule is C[n+]1c2ccccc2c(-c2ccccc2-c2ccccc2)c2ccccc21.F[B-](F)(F)F. The summed E-state index contributed by atoms with van der Waals surface area (Å²) in [5, 5.41) is 2.56. The van der Waals surface area contributed by atoms with Crippen molar-refractivity contribution in [1.82, 2.24) is 0 Å². The lowest BCUT2D eigenvalue weighted by Gasteiger charge is -2.14. The van der Waals surface area contributed by atoms with E-state index in [0.717, 1.165) is 0 Å². The van der Waals surface area contributed by atoms with E-state index in [2.05, 4.69) is 115 Å². The molecule has 5 rings (SSSR count). The molecule has 0 saturated carbocycles. The van der Waals surface area contributed by atoms with Gasteiger partial charge in [0.05, 0.1) is 10.8 Å². The van der Waals surface area contributed by atoms with Gasteiger partial charge in [-0.1, -0.05) is 78.9 Å². The monoisotopic (exact) mass is 433 g/mol. The molecule has 0 N–H and O–H groups in total. The van der Waals surface area contributed by atoms with Gasteiger partial charge in [0.1, 0.15) is 7.05 Å². The summed E-state index contributed by atoms with van der Waals surface area (Å²) in [6, 6.07) is 36.8. The van der Waals surface area contributed by atoms with Crippen LogP contribution in [0.3, 0.4) is 0 Å². The van der Waals surface area contributed by atoms with E-state index in [0.29, 0.717) is 0 Å². The summed E-state index contributed by atoms with van der Waals surface area (Å²) in [6.07, 6.45) is 0. The van der Waals surface area contributed by atoms with Crippen LogP contribution in [0.15, 0.2) is 103 Å². The third-order valence-corrected chi connectivity index (χ3v) is 5.35. The Morgan fingerprint density at radius 2 is 0.938 bits per heavy atom. The number of hydrogen-bond acceptors (Lipinski definition) is 0. The molecule has 0 aliphatic heterocycles. The molecule has 0 spiro atoms. The molecule has 32 heavy (non-hydrogen) atoms. The van der Waals surface area contributed by atoms with Gasteiger partial charge in [0.2, 0.25) is 11.0 Å². The number of aryl methyl sites for hydroxylation is 1. The lowest BCUT2D eigenvalue weighted by Crippen LogP contribution is -2.30. The van der Waals surface area contributed by atoms with Crippen LogP contribution in [0.5, 0.6) is 0 Å². The van der Waals surface area contributed by atoms with Crippen LogP contribution in [-0.2, 0) is 7.05 Å². The lowest BCUT2D eigenvalue weighted by molar-refractivity contribution is -0.617. The van der Waals surface area contributed by atoms with Crippen molar-refractivity contribution in [2.75, 3.05) is 0 Å². The summed E-state index contributed by atoms with van der Waals surface area (Å²) < 4.78 is 41.3. The molecule has 160 valence electrons. The van der Waals surface area contributed by atoms with Gasteiger partial charge in [0.15, 0.2) is 0 Å². The molecule has 0 saturated heterocycles. The predicted octanol–water partition coefficient (Wildman–Crippen LogP) is 7.45. The fourth-order valence-electron chi connectivity index (χ4n) is 4.09. The van der Waals surface area contributed by atoms with E-state index in [1.165, 1.54) is 44.1 Å². The third-order valence-electron chi connectivity index (χ3n) is 5.35. The number of benzene rings is 4. The van der Waals surface area contributed by atoms with Crippen molar-refractivity contribution in [1.29, 1.82) is 0 Å². The van der Waals surface area contributed by atoms with Gasteiger partial charge in [-0.3, -0.25) is 0 Å². The highest BCUT2D eigenvalue weighted by molar-refractivity contribution is 6.50. The summed E-state index contributed by atoms with van der Waals surface area (Å²) >= 11 is 0. The van der Waals surface area contributed by atoms with Gasteiger partial charge in [-0.2, -0.15) is 4.57 Å². The van der Waals surface area contributed by atoms with Crippen molar-refractivity contribution in [3.63, 3.8) is 0 Å². The molecule has 0 unspecified atom stereocenters. The maximum Gasteiger partial charge on any atom is 0.673 e. The molecule has 0 aliphatic rings. The van der Waals surface area contributed by atoms with E-state index >= 15 is 0 Å². The molecule has 0 aliphatic carbocycles. The summed E-state index contributed by atoms with van der Waals surface area (Å²) in [7, 11) is -3.85. The number of halogens is 4. The minimum atomic E-state index is -6.00. The molecule has 1 heterocycles. The standard InChI is InChI=1S/C26H20N.BF4/c1-27-24-17-9-7-15-22(24)26(23-16-8-10-18-25(23)27)21-14-6-5-13-20(21)19-11-3-2-4-12-19;2-1(3,4)5/h2-18H,1H3;/q+1;-1. The molecule has 1 aromatic heterocycles. The number of nitrogens with zero attached hydrogens (tertiary/aromatic N) is 1. The Labute approximate surface area is 183 Å². The van der Waals surface area contributed by atoms with Crippen LogP contribution < -0.4 is 4.57 Å². The van der Waals surface area contributed by atoms with Crippen molar-refractivity contribution in [3.8, 4) is 22.3 Å². The van der Waals surface area contributed by atoms with Crippen LogP contribution >= 0.6 is 0 Å². The van der Waals surface area contributed by atoms with Gasteiger partial charge in [0, 0.05) is 17.7 Å². The zero-order chi connectivity index (χ0) is 22.7. The molecule has 0 fully saturated rings. The normalized spacial score (nSPS) is 11.3. The highest BCUT2D eigenvalue weighted by Crippen LogP contribution is 2.39. The fourth-order valence-corrected chi connectivity index (χ4v) is 4.09. The van der Waals surface area contributed by atoms with E-state index in [1.54, 1.807) is 0 Å². The molecule has 0 amide bonds.